The van der Waals surface area contributed by atoms with E-state index in [9.17, 15) is 0 Å². The van der Waals surface area contributed by atoms with Crippen LogP contribution in [0, 0.1) is 10.5 Å². The first-order valence-electron chi connectivity index (χ1n) is 11.0. The van der Waals surface area contributed by atoms with Crippen molar-refractivity contribution in [2.24, 2.45) is 0 Å². The van der Waals surface area contributed by atoms with Crippen LogP contribution in [0.1, 0.15) is 26.8 Å². The number of rotatable bonds is 3. The molecular weight excluding hydrogens is 694 g/mol. The van der Waals surface area contributed by atoms with Crippen LogP contribution in [0.25, 0.3) is 11.1 Å². The highest BCUT2D eigenvalue weighted by molar-refractivity contribution is 14.1. The Morgan fingerprint density at radius 3 is 1.72 bits per heavy atom. The largest absolute Gasteiger partial charge is 0.497 e. The number of halogens is 3. The van der Waals surface area contributed by atoms with Gasteiger partial charge in [-0.3, -0.25) is 0 Å². The summed E-state index contributed by atoms with van der Waals surface area (Å²) in [5.74, 6) is 0.872. The highest BCUT2D eigenvalue weighted by Crippen LogP contribution is 2.31. The van der Waals surface area contributed by atoms with Crippen LogP contribution in [0.3, 0.4) is 0 Å². The zero-order valence-corrected chi connectivity index (χ0v) is 25.6. The van der Waals surface area contributed by atoms with Gasteiger partial charge in [-0.1, -0.05) is 109 Å². The second-order valence-electron chi connectivity index (χ2n) is 6.91. The molecule has 0 fully saturated rings. The van der Waals surface area contributed by atoms with Gasteiger partial charge in [0.05, 0.1) is 7.11 Å². The molecule has 4 rings (SSSR count). The van der Waals surface area contributed by atoms with Crippen LogP contribution in [0.5, 0.6) is 5.75 Å². The third-order valence-electron chi connectivity index (χ3n) is 4.43. The molecule has 0 aliphatic heterocycles. The average molecular weight is 728 g/mol. The van der Waals surface area contributed by atoms with Gasteiger partial charge < -0.3 is 14.8 Å². The molecule has 0 aliphatic rings. The lowest BCUT2D eigenvalue weighted by Crippen LogP contribution is -2.29. The molecule has 0 spiro atoms. The molecule has 0 radical (unpaired) electrons. The van der Waals surface area contributed by atoms with Gasteiger partial charge in [0.25, 0.3) is 0 Å². The monoisotopic (exact) mass is 726 g/mol. The van der Waals surface area contributed by atoms with Gasteiger partial charge in [0, 0.05) is 12.5 Å². The summed E-state index contributed by atoms with van der Waals surface area (Å²) < 4.78 is 8.73. The highest BCUT2D eigenvalue weighted by atomic mass is 127. The standard InChI is InChI=1S/C13H11BrO.C7H6BrI.C6H7BO2.C2H6.CH4/c1-15-11-7-8-13(14)12(9-11)10-5-3-2-4-6-10;1-5-2-3-6(8)7(9)4-5;8-7(9)6-4-2-1-3-5-6;1-2;/h2-9H,1H3;2-4H,1H3;1-5,8-9H;1-2H3;1H4. The maximum atomic E-state index is 8.58. The molecule has 0 aromatic heterocycles. The van der Waals surface area contributed by atoms with E-state index in [4.69, 9.17) is 14.8 Å². The van der Waals surface area contributed by atoms with Crippen molar-refractivity contribution in [2.45, 2.75) is 28.2 Å². The molecule has 3 nitrogen and oxygen atoms in total. The lowest BCUT2D eigenvalue weighted by Gasteiger charge is -2.07. The Bertz CT molecular complexity index is 1130. The van der Waals surface area contributed by atoms with E-state index >= 15 is 0 Å². The Labute approximate surface area is 247 Å². The number of ether oxygens (including phenoxy) is 1. The van der Waals surface area contributed by atoms with Crippen LogP contribution in [0.4, 0.5) is 0 Å². The van der Waals surface area contributed by atoms with Crippen molar-refractivity contribution in [3.8, 4) is 16.9 Å². The van der Waals surface area contributed by atoms with Gasteiger partial charge in [0.15, 0.2) is 0 Å². The summed E-state index contributed by atoms with van der Waals surface area (Å²) in [4.78, 5) is 0. The fourth-order valence-electron chi connectivity index (χ4n) is 2.70. The molecule has 0 unspecified atom stereocenters. The Balaban J connectivity index is 0.000000510. The van der Waals surface area contributed by atoms with E-state index in [-0.39, 0.29) is 7.43 Å². The van der Waals surface area contributed by atoms with Gasteiger partial charge in [-0.2, -0.15) is 0 Å². The minimum Gasteiger partial charge on any atom is -0.497 e. The van der Waals surface area contributed by atoms with Crippen molar-refractivity contribution in [1.82, 2.24) is 0 Å². The van der Waals surface area contributed by atoms with Gasteiger partial charge in [0.2, 0.25) is 0 Å². The lowest BCUT2D eigenvalue weighted by atomic mass is 9.81. The molecule has 4 aromatic rings. The summed E-state index contributed by atoms with van der Waals surface area (Å²) in [5, 5.41) is 17.2. The summed E-state index contributed by atoms with van der Waals surface area (Å²) in [5.41, 5.74) is 4.17. The molecule has 36 heavy (non-hydrogen) atoms. The molecule has 0 atom stereocenters. The summed E-state index contributed by atoms with van der Waals surface area (Å²) in [6, 6.07) is 31.2. The van der Waals surface area contributed by atoms with Gasteiger partial charge >= 0.3 is 7.12 Å². The molecule has 0 saturated carbocycles. The Morgan fingerprint density at radius 1 is 0.750 bits per heavy atom. The maximum absolute atomic E-state index is 8.58. The van der Waals surface area contributed by atoms with Gasteiger partial charge in [0.1, 0.15) is 5.75 Å². The van der Waals surface area contributed by atoms with Crippen LogP contribution < -0.4 is 10.2 Å². The van der Waals surface area contributed by atoms with E-state index in [0.29, 0.717) is 5.46 Å². The Hall–Kier alpha value is -1.65. The Kier molecular flexibility index (Phi) is 18.6. The lowest BCUT2D eigenvalue weighted by molar-refractivity contribution is 0.415. The van der Waals surface area contributed by atoms with Crippen LogP contribution in [-0.4, -0.2) is 24.3 Å². The first-order chi connectivity index (χ1) is 16.8. The second-order valence-corrected chi connectivity index (χ2v) is 9.78. The van der Waals surface area contributed by atoms with Gasteiger partial charge in [-0.25, -0.2) is 0 Å². The second kappa shape index (κ2) is 19.5. The fourth-order valence-corrected chi connectivity index (χ4v) is 4.09. The first kappa shape index (κ1) is 34.4. The summed E-state index contributed by atoms with van der Waals surface area (Å²) in [6.45, 7) is 6.09. The van der Waals surface area contributed by atoms with Crippen LogP contribution in [0.2, 0.25) is 0 Å². The molecule has 2 N–H and O–H groups in total. The summed E-state index contributed by atoms with van der Waals surface area (Å²) in [7, 11) is 0.337. The van der Waals surface area contributed by atoms with Crippen LogP contribution in [0.15, 0.2) is 106 Å². The topological polar surface area (TPSA) is 49.7 Å². The van der Waals surface area contributed by atoms with E-state index in [1.54, 1.807) is 31.4 Å². The minimum absolute atomic E-state index is 0. The first-order valence-corrected chi connectivity index (χ1v) is 13.7. The summed E-state index contributed by atoms with van der Waals surface area (Å²) >= 11 is 9.27. The fraction of sp³-hybridized carbons (Fsp3) is 0.172. The van der Waals surface area contributed by atoms with E-state index < -0.39 is 7.12 Å². The number of methoxy groups -OCH3 is 1. The Morgan fingerprint density at radius 2 is 1.28 bits per heavy atom. The van der Waals surface area contributed by atoms with Crippen molar-refractivity contribution >= 4 is 67.0 Å². The third-order valence-corrected chi connectivity index (χ3v) is 7.45. The molecule has 7 heteroatoms. The SMILES string of the molecule is C.CC.COc1ccc(Br)c(-c2ccccc2)c1.Cc1ccc(Br)c(I)c1.OB(O)c1ccccc1. The van der Waals surface area contributed by atoms with Crippen LogP contribution in [-0.2, 0) is 0 Å². The smallest absolute Gasteiger partial charge is 0.488 e. The number of aryl methyl sites for hydroxylation is 1. The predicted molar refractivity (Wildman–Crippen MR) is 172 cm³/mol. The molecule has 192 valence electrons. The van der Waals surface area contributed by atoms with E-state index in [2.05, 4.69) is 91.7 Å². The number of benzene rings is 4. The van der Waals surface area contributed by atoms with E-state index in [1.807, 2.05) is 56.3 Å². The van der Waals surface area contributed by atoms with Crippen molar-refractivity contribution in [3.63, 3.8) is 0 Å². The zero-order chi connectivity index (χ0) is 26.2. The normalized spacial score (nSPS) is 9.03. The third kappa shape index (κ3) is 12.5. The molecule has 4 aromatic carbocycles. The number of hydrogen-bond donors (Lipinski definition) is 2. The van der Waals surface area contributed by atoms with Gasteiger partial charge in [-0.05, 0) is 92.4 Å². The maximum Gasteiger partial charge on any atom is 0.488 e. The predicted octanol–water partition coefficient (Wildman–Crippen LogP) is 8.52. The molecular formula is C29H34BBr2IO3. The summed E-state index contributed by atoms with van der Waals surface area (Å²) in [6.07, 6.45) is 0. The van der Waals surface area contributed by atoms with Crippen molar-refractivity contribution in [2.75, 3.05) is 7.11 Å². The van der Waals surface area contributed by atoms with Crippen molar-refractivity contribution in [1.29, 1.82) is 0 Å². The van der Waals surface area contributed by atoms with Crippen molar-refractivity contribution < 1.29 is 14.8 Å². The molecule has 0 saturated heterocycles. The number of hydrogen-bond acceptors (Lipinski definition) is 3. The quantitative estimate of drug-likeness (QED) is 0.164. The molecule has 0 aliphatic carbocycles. The van der Waals surface area contributed by atoms with Crippen LogP contribution >= 0.6 is 54.5 Å². The molecule has 0 amide bonds. The van der Waals surface area contributed by atoms with E-state index in [0.717, 1.165) is 15.8 Å². The zero-order valence-electron chi connectivity index (χ0n) is 20.3. The van der Waals surface area contributed by atoms with Gasteiger partial charge in [-0.15, -0.1) is 0 Å². The van der Waals surface area contributed by atoms with Crippen molar-refractivity contribution in [3.05, 3.63) is 115 Å². The highest BCUT2D eigenvalue weighted by Gasteiger charge is 2.07. The molecule has 0 heterocycles. The van der Waals surface area contributed by atoms with E-state index in [1.165, 1.54) is 19.2 Å². The molecule has 0 bridgehead atoms. The average Bonchev–Trinajstić information content (AvgIpc) is 2.90. The minimum atomic E-state index is -1.34.